The summed E-state index contributed by atoms with van der Waals surface area (Å²) in [5.41, 5.74) is 2.39. The van der Waals surface area contributed by atoms with E-state index in [1.165, 1.54) is 0 Å². The number of aryl methyl sites for hydroxylation is 1. The molecule has 1 fully saturated rings. The van der Waals surface area contributed by atoms with E-state index in [0.29, 0.717) is 12.2 Å². The second-order valence-electron chi connectivity index (χ2n) is 4.42. The van der Waals surface area contributed by atoms with Gasteiger partial charge in [0, 0.05) is 6.42 Å². The lowest BCUT2D eigenvalue weighted by atomic mass is 9.98. The fraction of sp³-hybridized carbons (Fsp3) is 0.500. The van der Waals surface area contributed by atoms with Gasteiger partial charge in [0.25, 0.3) is 0 Å². The molecular formula is C12H16O2. The minimum Gasteiger partial charge on any atom is -0.507 e. The molecule has 1 aromatic rings. The Morgan fingerprint density at radius 1 is 1.29 bits per heavy atom. The van der Waals surface area contributed by atoms with Crippen LogP contribution in [0, 0.1) is 13.8 Å². The molecule has 0 heterocycles. The Balaban J connectivity index is 2.30. The van der Waals surface area contributed by atoms with Crippen LogP contribution < -0.4 is 0 Å². The van der Waals surface area contributed by atoms with Crippen LogP contribution in [0.5, 0.6) is 5.75 Å². The SMILES string of the molecule is Cc1ccc(CC2(O)CC2)c(C)c1O. The minimum absolute atomic E-state index is 0.367. The highest BCUT2D eigenvalue weighted by molar-refractivity contribution is 5.44. The first-order valence-corrected chi connectivity index (χ1v) is 5.02. The van der Waals surface area contributed by atoms with Crippen LogP contribution >= 0.6 is 0 Å². The Hall–Kier alpha value is -1.02. The van der Waals surface area contributed by atoms with Gasteiger partial charge in [-0.15, -0.1) is 0 Å². The van der Waals surface area contributed by atoms with E-state index >= 15 is 0 Å². The number of hydrogen-bond acceptors (Lipinski definition) is 2. The molecule has 0 radical (unpaired) electrons. The maximum absolute atomic E-state index is 9.79. The molecule has 1 aliphatic carbocycles. The number of aliphatic hydroxyl groups is 1. The number of hydrogen-bond donors (Lipinski definition) is 2. The summed E-state index contributed by atoms with van der Waals surface area (Å²) in [4.78, 5) is 0. The van der Waals surface area contributed by atoms with Crippen LogP contribution in [0.25, 0.3) is 0 Å². The molecular weight excluding hydrogens is 176 g/mol. The smallest absolute Gasteiger partial charge is 0.121 e. The van der Waals surface area contributed by atoms with Gasteiger partial charge in [-0.05, 0) is 43.4 Å². The number of rotatable bonds is 2. The molecule has 1 aliphatic rings. The summed E-state index contributed by atoms with van der Waals surface area (Å²) in [5.74, 6) is 0.367. The maximum Gasteiger partial charge on any atom is 0.121 e. The highest BCUT2D eigenvalue weighted by Crippen LogP contribution is 2.39. The lowest BCUT2D eigenvalue weighted by Crippen LogP contribution is -2.11. The second-order valence-corrected chi connectivity index (χ2v) is 4.42. The Kier molecular flexibility index (Phi) is 2.04. The predicted molar refractivity (Wildman–Crippen MR) is 55.5 cm³/mol. The van der Waals surface area contributed by atoms with Crippen molar-refractivity contribution >= 4 is 0 Å². The van der Waals surface area contributed by atoms with Gasteiger partial charge in [-0.25, -0.2) is 0 Å². The molecule has 2 N–H and O–H groups in total. The van der Waals surface area contributed by atoms with Crippen molar-refractivity contribution in [2.45, 2.75) is 38.7 Å². The molecule has 1 aromatic carbocycles. The van der Waals surface area contributed by atoms with Crippen molar-refractivity contribution < 1.29 is 10.2 Å². The van der Waals surface area contributed by atoms with Gasteiger partial charge < -0.3 is 10.2 Å². The van der Waals surface area contributed by atoms with E-state index in [-0.39, 0.29) is 0 Å². The Morgan fingerprint density at radius 3 is 2.50 bits per heavy atom. The first-order valence-electron chi connectivity index (χ1n) is 5.02. The van der Waals surface area contributed by atoms with Crippen LogP contribution in [0.15, 0.2) is 12.1 Å². The van der Waals surface area contributed by atoms with Gasteiger partial charge in [0.1, 0.15) is 5.75 Å². The molecule has 2 nitrogen and oxygen atoms in total. The molecule has 14 heavy (non-hydrogen) atoms. The van der Waals surface area contributed by atoms with Crippen molar-refractivity contribution in [3.63, 3.8) is 0 Å². The lowest BCUT2D eigenvalue weighted by Gasteiger charge is -2.12. The van der Waals surface area contributed by atoms with E-state index in [0.717, 1.165) is 29.5 Å². The molecule has 76 valence electrons. The van der Waals surface area contributed by atoms with E-state index in [9.17, 15) is 10.2 Å². The van der Waals surface area contributed by atoms with Crippen LogP contribution in [-0.2, 0) is 6.42 Å². The number of benzene rings is 1. The highest BCUT2D eigenvalue weighted by Gasteiger charge is 2.40. The van der Waals surface area contributed by atoms with Gasteiger partial charge in [-0.3, -0.25) is 0 Å². The third-order valence-corrected chi connectivity index (χ3v) is 3.09. The average Bonchev–Trinajstić information content (AvgIpc) is 2.86. The summed E-state index contributed by atoms with van der Waals surface area (Å²) in [6.07, 6.45) is 2.45. The first-order chi connectivity index (χ1) is 6.52. The zero-order valence-corrected chi connectivity index (χ0v) is 8.67. The van der Waals surface area contributed by atoms with Crippen molar-refractivity contribution in [1.82, 2.24) is 0 Å². The van der Waals surface area contributed by atoms with Gasteiger partial charge >= 0.3 is 0 Å². The summed E-state index contributed by atoms with van der Waals surface area (Å²) < 4.78 is 0. The van der Waals surface area contributed by atoms with Crippen molar-refractivity contribution in [3.8, 4) is 5.75 Å². The van der Waals surface area contributed by atoms with Crippen LogP contribution in [0.3, 0.4) is 0 Å². The topological polar surface area (TPSA) is 40.5 Å². The summed E-state index contributed by atoms with van der Waals surface area (Å²) >= 11 is 0. The molecule has 0 amide bonds. The van der Waals surface area contributed by atoms with Crippen molar-refractivity contribution in [3.05, 3.63) is 28.8 Å². The van der Waals surface area contributed by atoms with Crippen molar-refractivity contribution in [2.75, 3.05) is 0 Å². The fourth-order valence-corrected chi connectivity index (χ4v) is 1.74. The molecule has 0 bridgehead atoms. The summed E-state index contributed by atoms with van der Waals surface area (Å²) in [6, 6.07) is 3.91. The summed E-state index contributed by atoms with van der Waals surface area (Å²) in [6.45, 7) is 3.79. The summed E-state index contributed by atoms with van der Waals surface area (Å²) in [7, 11) is 0. The second kappa shape index (κ2) is 2.99. The quantitative estimate of drug-likeness (QED) is 0.753. The largest absolute Gasteiger partial charge is 0.507 e. The third-order valence-electron chi connectivity index (χ3n) is 3.09. The van der Waals surface area contributed by atoms with Gasteiger partial charge in [0.15, 0.2) is 0 Å². The number of phenolic OH excluding ortho intramolecular Hbond substituents is 1. The molecule has 0 atom stereocenters. The number of phenols is 1. The normalized spacial score (nSPS) is 18.2. The summed E-state index contributed by atoms with van der Waals surface area (Å²) in [5, 5.41) is 19.5. The van der Waals surface area contributed by atoms with Gasteiger partial charge in [0.2, 0.25) is 0 Å². The van der Waals surface area contributed by atoms with E-state index in [4.69, 9.17) is 0 Å². The molecule has 0 unspecified atom stereocenters. The molecule has 0 saturated heterocycles. The van der Waals surface area contributed by atoms with E-state index in [1.807, 2.05) is 26.0 Å². The fourth-order valence-electron chi connectivity index (χ4n) is 1.74. The van der Waals surface area contributed by atoms with Crippen molar-refractivity contribution in [1.29, 1.82) is 0 Å². The van der Waals surface area contributed by atoms with Gasteiger partial charge in [0.05, 0.1) is 5.60 Å². The molecule has 0 aromatic heterocycles. The zero-order valence-electron chi connectivity index (χ0n) is 8.67. The van der Waals surface area contributed by atoms with E-state index in [1.54, 1.807) is 0 Å². The van der Waals surface area contributed by atoms with E-state index in [2.05, 4.69) is 0 Å². The zero-order chi connectivity index (χ0) is 10.3. The number of aromatic hydroxyl groups is 1. The molecule has 2 rings (SSSR count). The third kappa shape index (κ3) is 1.62. The Morgan fingerprint density at radius 2 is 1.93 bits per heavy atom. The monoisotopic (exact) mass is 192 g/mol. The molecule has 1 saturated carbocycles. The highest BCUT2D eigenvalue weighted by atomic mass is 16.3. The first kappa shape index (κ1) is 9.53. The Bertz CT molecular complexity index is 365. The van der Waals surface area contributed by atoms with Crippen LogP contribution in [0.2, 0.25) is 0 Å². The van der Waals surface area contributed by atoms with Crippen LogP contribution in [0.4, 0.5) is 0 Å². The van der Waals surface area contributed by atoms with Gasteiger partial charge in [-0.1, -0.05) is 12.1 Å². The molecule has 2 heteroatoms. The molecule has 0 aliphatic heterocycles. The van der Waals surface area contributed by atoms with Crippen LogP contribution in [0.1, 0.15) is 29.5 Å². The van der Waals surface area contributed by atoms with Gasteiger partial charge in [-0.2, -0.15) is 0 Å². The van der Waals surface area contributed by atoms with E-state index < -0.39 is 5.60 Å². The van der Waals surface area contributed by atoms with Crippen LogP contribution in [-0.4, -0.2) is 15.8 Å². The standard InChI is InChI=1S/C12H16O2/c1-8-3-4-10(9(2)11(8)13)7-12(14)5-6-12/h3-4,13-14H,5-7H2,1-2H3. The Labute approximate surface area is 84.2 Å². The predicted octanol–water partition coefficient (Wildman–Crippen LogP) is 2.08. The van der Waals surface area contributed by atoms with Crippen molar-refractivity contribution in [2.24, 2.45) is 0 Å². The minimum atomic E-state index is -0.480. The maximum atomic E-state index is 9.79. The molecule has 0 spiro atoms. The lowest BCUT2D eigenvalue weighted by molar-refractivity contribution is 0.150. The average molecular weight is 192 g/mol.